The number of amides is 1. The van der Waals surface area contributed by atoms with Gasteiger partial charge < -0.3 is 20.9 Å². The third-order valence-electron chi connectivity index (χ3n) is 5.06. The second kappa shape index (κ2) is 10.9. The topological polar surface area (TPSA) is 68.8 Å². The first-order valence-electron chi connectivity index (χ1n) is 10.6. The molecular weight excluding hydrogens is 350 g/mol. The highest BCUT2D eigenvalue weighted by Gasteiger charge is 2.28. The molecule has 2 atom stereocenters. The lowest BCUT2D eigenvalue weighted by molar-refractivity contribution is -0.133. The predicted molar refractivity (Wildman–Crippen MR) is 118 cm³/mol. The van der Waals surface area contributed by atoms with E-state index in [-0.39, 0.29) is 23.9 Å². The van der Waals surface area contributed by atoms with Gasteiger partial charge in [0.2, 0.25) is 5.91 Å². The SMILES string of the molecule is CCNC(=NCC(Nc1ccccc1)C(C)C)NC1CCN(C(=O)C(C)C)C1. The van der Waals surface area contributed by atoms with Gasteiger partial charge in [0.25, 0.3) is 0 Å². The van der Waals surface area contributed by atoms with Crippen molar-refractivity contribution in [3.8, 4) is 0 Å². The van der Waals surface area contributed by atoms with E-state index in [0.717, 1.165) is 37.7 Å². The minimum atomic E-state index is 0.0523. The number of carbonyl (C=O) groups excluding carboxylic acids is 1. The fraction of sp³-hybridized carbons (Fsp3) is 0.636. The molecule has 0 spiro atoms. The van der Waals surface area contributed by atoms with E-state index in [2.05, 4.69) is 48.9 Å². The van der Waals surface area contributed by atoms with Crippen molar-refractivity contribution in [2.24, 2.45) is 16.8 Å². The highest BCUT2D eigenvalue weighted by atomic mass is 16.2. The molecule has 156 valence electrons. The summed E-state index contributed by atoms with van der Waals surface area (Å²) in [5.41, 5.74) is 1.12. The van der Waals surface area contributed by atoms with Gasteiger partial charge in [0.15, 0.2) is 5.96 Å². The Hall–Kier alpha value is -2.24. The molecule has 1 aliphatic heterocycles. The summed E-state index contributed by atoms with van der Waals surface area (Å²) >= 11 is 0. The number of guanidine groups is 1. The van der Waals surface area contributed by atoms with Crippen LogP contribution in [0.5, 0.6) is 0 Å². The van der Waals surface area contributed by atoms with Crippen LogP contribution in [0.25, 0.3) is 0 Å². The van der Waals surface area contributed by atoms with E-state index < -0.39 is 0 Å². The number of para-hydroxylation sites is 1. The summed E-state index contributed by atoms with van der Waals surface area (Å²) < 4.78 is 0. The zero-order valence-corrected chi connectivity index (χ0v) is 18.0. The number of benzene rings is 1. The van der Waals surface area contributed by atoms with E-state index in [0.29, 0.717) is 12.5 Å². The third-order valence-corrected chi connectivity index (χ3v) is 5.06. The molecule has 1 aromatic carbocycles. The van der Waals surface area contributed by atoms with Crippen molar-refractivity contribution >= 4 is 17.6 Å². The van der Waals surface area contributed by atoms with Crippen LogP contribution in [0.1, 0.15) is 41.0 Å². The third kappa shape index (κ3) is 6.73. The molecule has 2 rings (SSSR count). The maximum Gasteiger partial charge on any atom is 0.225 e. The van der Waals surface area contributed by atoms with Crippen LogP contribution in [-0.4, -0.2) is 55.0 Å². The lowest BCUT2D eigenvalue weighted by atomic mass is 10.0. The van der Waals surface area contributed by atoms with E-state index in [4.69, 9.17) is 4.99 Å². The molecule has 1 fully saturated rings. The average molecular weight is 388 g/mol. The maximum atomic E-state index is 12.2. The van der Waals surface area contributed by atoms with Crippen LogP contribution in [-0.2, 0) is 4.79 Å². The summed E-state index contributed by atoms with van der Waals surface area (Å²) in [4.78, 5) is 19.0. The van der Waals surface area contributed by atoms with Gasteiger partial charge in [0.1, 0.15) is 0 Å². The average Bonchev–Trinajstić information content (AvgIpc) is 3.13. The quantitative estimate of drug-likeness (QED) is 0.474. The van der Waals surface area contributed by atoms with E-state index in [9.17, 15) is 4.79 Å². The second-order valence-corrected chi connectivity index (χ2v) is 8.15. The Morgan fingerprint density at radius 3 is 2.54 bits per heavy atom. The first-order chi connectivity index (χ1) is 13.4. The van der Waals surface area contributed by atoms with Crippen LogP contribution in [0.2, 0.25) is 0 Å². The number of anilines is 1. The van der Waals surface area contributed by atoms with E-state index in [1.165, 1.54) is 0 Å². The zero-order valence-electron chi connectivity index (χ0n) is 18.0. The van der Waals surface area contributed by atoms with Gasteiger partial charge in [-0.1, -0.05) is 45.9 Å². The van der Waals surface area contributed by atoms with Crippen LogP contribution in [0.4, 0.5) is 5.69 Å². The normalized spacial score (nSPS) is 18.5. The fourth-order valence-corrected chi connectivity index (χ4v) is 3.32. The number of rotatable bonds is 8. The Labute approximate surface area is 170 Å². The molecular formula is C22H37N5O. The van der Waals surface area contributed by atoms with Crippen LogP contribution in [0, 0.1) is 11.8 Å². The summed E-state index contributed by atoms with van der Waals surface area (Å²) in [5.74, 6) is 1.57. The molecule has 0 saturated carbocycles. The molecule has 0 aliphatic carbocycles. The standard InChI is InChI=1S/C22H37N5O/c1-6-23-22(26-19-12-13-27(15-19)21(28)17(4)5)24-14-20(16(2)3)25-18-10-8-7-9-11-18/h7-11,16-17,19-20,25H,6,12-15H2,1-5H3,(H2,23,24,26). The number of hydrogen-bond donors (Lipinski definition) is 3. The van der Waals surface area contributed by atoms with Crippen LogP contribution in [0.15, 0.2) is 35.3 Å². The smallest absolute Gasteiger partial charge is 0.225 e. The van der Waals surface area contributed by atoms with Crippen molar-refractivity contribution in [1.29, 1.82) is 0 Å². The van der Waals surface area contributed by atoms with Crippen molar-refractivity contribution in [2.75, 3.05) is 31.5 Å². The second-order valence-electron chi connectivity index (χ2n) is 8.15. The Kier molecular flexibility index (Phi) is 8.61. The highest BCUT2D eigenvalue weighted by Crippen LogP contribution is 2.14. The Morgan fingerprint density at radius 1 is 1.21 bits per heavy atom. The van der Waals surface area contributed by atoms with Gasteiger partial charge >= 0.3 is 0 Å². The molecule has 1 aliphatic rings. The molecule has 1 saturated heterocycles. The highest BCUT2D eigenvalue weighted by molar-refractivity contribution is 5.81. The predicted octanol–water partition coefficient (Wildman–Crippen LogP) is 2.94. The molecule has 0 aromatic heterocycles. The minimum Gasteiger partial charge on any atom is -0.380 e. The van der Waals surface area contributed by atoms with Gasteiger partial charge in [0.05, 0.1) is 6.54 Å². The molecule has 1 heterocycles. The summed E-state index contributed by atoms with van der Waals surface area (Å²) in [5, 5.41) is 10.4. The van der Waals surface area contributed by atoms with E-state index in [1.807, 2.05) is 36.9 Å². The molecule has 6 nitrogen and oxygen atoms in total. The van der Waals surface area contributed by atoms with Crippen molar-refractivity contribution < 1.29 is 4.79 Å². The number of likely N-dealkylation sites (tertiary alicyclic amines) is 1. The van der Waals surface area contributed by atoms with Gasteiger partial charge in [-0.2, -0.15) is 0 Å². The molecule has 0 bridgehead atoms. The summed E-state index contributed by atoms with van der Waals surface area (Å²) in [6.45, 7) is 13.5. The minimum absolute atomic E-state index is 0.0523. The van der Waals surface area contributed by atoms with Crippen molar-refractivity contribution in [1.82, 2.24) is 15.5 Å². The molecule has 1 aromatic rings. The summed E-state index contributed by atoms with van der Waals surface area (Å²) in [6.07, 6.45) is 0.957. The molecule has 2 unspecified atom stereocenters. The van der Waals surface area contributed by atoms with Crippen LogP contribution in [0.3, 0.4) is 0 Å². The van der Waals surface area contributed by atoms with E-state index in [1.54, 1.807) is 0 Å². The Balaban J connectivity index is 1.95. The molecule has 6 heteroatoms. The van der Waals surface area contributed by atoms with Gasteiger partial charge in [-0.25, -0.2) is 0 Å². The first-order valence-corrected chi connectivity index (χ1v) is 10.6. The number of nitrogens with zero attached hydrogens (tertiary/aromatic N) is 2. The molecule has 0 radical (unpaired) electrons. The summed E-state index contributed by atoms with van der Waals surface area (Å²) in [7, 11) is 0. The Morgan fingerprint density at radius 2 is 1.93 bits per heavy atom. The Bertz CT molecular complexity index is 629. The lowest BCUT2D eigenvalue weighted by Gasteiger charge is -2.23. The summed E-state index contributed by atoms with van der Waals surface area (Å²) in [6, 6.07) is 10.8. The van der Waals surface area contributed by atoms with Gasteiger partial charge in [-0.15, -0.1) is 0 Å². The van der Waals surface area contributed by atoms with Crippen LogP contribution < -0.4 is 16.0 Å². The zero-order chi connectivity index (χ0) is 20.5. The molecule has 28 heavy (non-hydrogen) atoms. The lowest BCUT2D eigenvalue weighted by Crippen LogP contribution is -2.46. The largest absolute Gasteiger partial charge is 0.380 e. The van der Waals surface area contributed by atoms with Crippen molar-refractivity contribution in [3.63, 3.8) is 0 Å². The maximum absolute atomic E-state index is 12.2. The molecule has 1 amide bonds. The number of nitrogens with one attached hydrogen (secondary N) is 3. The monoisotopic (exact) mass is 387 g/mol. The van der Waals surface area contributed by atoms with Gasteiger partial charge in [0, 0.05) is 43.3 Å². The molecule has 3 N–H and O–H groups in total. The number of aliphatic imine (C=N–C) groups is 1. The number of hydrogen-bond acceptors (Lipinski definition) is 3. The van der Waals surface area contributed by atoms with E-state index >= 15 is 0 Å². The van der Waals surface area contributed by atoms with Crippen molar-refractivity contribution in [2.45, 2.75) is 53.1 Å². The van der Waals surface area contributed by atoms with Gasteiger partial charge in [-0.3, -0.25) is 9.79 Å². The van der Waals surface area contributed by atoms with Crippen molar-refractivity contribution in [3.05, 3.63) is 30.3 Å². The van der Waals surface area contributed by atoms with Crippen LogP contribution >= 0.6 is 0 Å². The number of carbonyl (C=O) groups is 1. The fourth-order valence-electron chi connectivity index (χ4n) is 3.32. The van der Waals surface area contributed by atoms with Gasteiger partial charge in [-0.05, 0) is 31.4 Å². The first kappa shape index (κ1) is 22.1.